The SMILES string of the molecule is OC(CNCC(C1CC1)C1CC1)COc1ccc(Cl)cc1. The number of rotatable bonds is 9. The summed E-state index contributed by atoms with van der Waals surface area (Å²) in [6, 6.07) is 7.21. The van der Waals surface area contributed by atoms with E-state index in [2.05, 4.69) is 5.32 Å². The van der Waals surface area contributed by atoms with Crippen LogP contribution in [0.25, 0.3) is 0 Å². The largest absolute Gasteiger partial charge is 0.491 e. The van der Waals surface area contributed by atoms with Crippen molar-refractivity contribution in [2.75, 3.05) is 19.7 Å². The van der Waals surface area contributed by atoms with Gasteiger partial charge in [-0.2, -0.15) is 0 Å². The molecule has 0 bridgehead atoms. The van der Waals surface area contributed by atoms with Gasteiger partial charge in [-0.25, -0.2) is 0 Å². The first-order valence-electron chi connectivity index (χ1n) is 7.99. The van der Waals surface area contributed by atoms with Crippen LogP contribution in [-0.4, -0.2) is 30.9 Å². The fraction of sp³-hybridized carbons (Fsp3) is 0.647. The van der Waals surface area contributed by atoms with Crippen molar-refractivity contribution < 1.29 is 9.84 Å². The molecule has 3 nitrogen and oxygen atoms in total. The molecule has 2 N–H and O–H groups in total. The van der Waals surface area contributed by atoms with Crippen molar-refractivity contribution in [3.63, 3.8) is 0 Å². The standard InChI is InChI=1S/C17H24ClNO2/c18-14-5-7-16(8-6-14)21-11-15(20)9-19-10-17(12-1-2-12)13-3-4-13/h5-8,12-13,15,17,19-20H,1-4,9-11H2. The summed E-state index contributed by atoms with van der Waals surface area (Å²) >= 11 is 5.82. The Bertz CT molecular complexity index is 431. The fourth-order valence-electron chi connectivity index (χ4n) is 2.97. The zero-order valence-electron chi connectivity index (χ0n) is 12.3. The van der Waals surface area contributed by atoms with Crippen LogP contribution in [-0.2, 0) is 0 Å². The molecule has 3 rings (SSSR count). The van der Waals surface area contributed by atoms with E-state index in [1.165, 1.54) is 25.7 Å². The molecule has 0 spiro atoms. The minimum Gasteiger partial charge on any atom is -0.491 e. The van der Waals surface area contributed by atoms with Gasteiger partial charge in [-0.3, -0.25) is 0 Å². The molecule has 0 aliphatic heterocycles. The predicted octanol–water partition coefficient (Wildman–Crippen LogP) is 3.11. The Morgan fingerprint density at radius 3 is 2.29 bits per heavy atom. The lowest BCUT2D eigenvalue weighted by Gasteiger charge is -2.18. The van der Waals surface area contributed by atoms with E-state index in [1.54, 1.807) is 12.1 Å². The monoisotopic (exact) mass is 309 g/mol. The Morgan fingerprint density at radius 2 is 1.71 bits per heavy atom. The molecular weight excluding hydrogens is 286 g/mol. The van der Waals surface area contributed by atoms with E-state index in [9.17, 15) is 5.11 Å². The van der Waals surface area contributed by atoms with E-state index in [0.29, 0.717) is 18.2 Å². The van der Waals surface area contributed by atoms with Crippen molar-refractivity contribution in [1.82, 2.24) is 5.32 Å². The molecule has 1 aromatic carbocycles. The highest BCUT2D eigenvalue weighted by Crippen LogP contribution is 2.48. The van der Waals surface area contributed by atoms with Crippen molar-refractivity contribution in [1.29, 1.82) is 0 Å². The number of aliphatic hydroxyl groups excluding tert-OH is 1. The van der Waals surface area contributed by atoms with E-state index in [4.69, 9.17) is 16.3 Å². The van der Waals surface area contributed by atoms with E-state index in [1.807, 2.05) is 12.1 Å². The number of hydrogen-bond donors (Lipinski definition) is 2. The highest BCUT2D eigenvalue weighted by atomic mass is 35.5. The van der Waals surface area contributed by atoms with Crippen LogP contribution in [0.15, 0.2) is 24.3 Å². The van der Waals surface area contributed by atoms with E-state index >= 15 is 0 Å². The summed E-state index contributed by atoms with van der Waals surface area (Å²) in [7, 11) is 0. The molecule has 0 aromatic heterocycles. The predicted molar refractivity (Wildman–Crippen MR) is 84.8 cm³/mol. The Balaban J connectivity index is 1.32. The quantitative estimate of drug-likeness (QED) is 0.736. The van der Waals surface area contributed by atoms with Gasteiger partial charge in [0.1, 0.15) is 18.5 Å². The zero-order valence-corrected chi connectivity index (χ0v) is 13.1. The van der Waals surface area contributed by atoms with Crippen LogP contribution in [0.5, 0.6) is 5.75 Å². The maximum absolute atomic E-state index is 9.97. The molecule has 0 amide bonds. The maximum Gasteiger partial charge on any atom is 0.119 e. The summed E-state index contributed by atoms with van der Waals surface area (Å²) in [5.41, 5.74) is 0. The van der Waals surface area contributed by atoms with E-state index in [0.717, 1.165) is 30.0 Å². The minimum absolute atomic E-state index is 0.312. The Morgan fingerprint density at radius 1 is 1.10 bits per heavy atom. The van der Waals surface area contributed by atoms with Gasteiger partial charge in [-0.1, -0.05) is 11.6 Å². The van der Waals surface area contributed by atoms with Gasteiger partial charge in [0.2, 0.25) is 0 Å². The maximum atomic E-state index is 9.97. The first kappa shape index (κ1) is 15.1. The molecule has 0 saturated heterocycles. The third-order valence-corrected chi connectivity index (χ3v) is 4.72. The van der Waals surface area contributed by atoms with Crippen molar-refractivity contribution in [2.24, 2.45) is 17.8 Å². The van der Waals surface area contributed by atoms with Crippen LogP contribution in [0.2, 0.25) is 5.02 Å². The number of aliphatic hydroxyl groups is 1. The normalized spacial score (nSPS) is 19.8. The van der Waals surface area contributed by atoms with Gasteiger partial charge in [0.25, 0.3) is 0 Å². The van der Waals surface area contributed by atoms with Gasteiger partial charge in [-0.05, 0) is 74.2 Å². The molecule has 1 aromatic rings. The van der Waals surface area contributed by atoms with E-state index in [-0.39, 0.29) is 0 Å². The molecule has 116 valence electrons. The molecule has 2 fully saturated rings. The van der Waals surface area contributed by atoms with Crippen LogP contribution in [0.3, 0.4) is 0 Å². The fourth-order valence-corrected chi connectivity index (χ4v) is 3.09. The molecule has 2 aliphatic carbocycles. The number of ether oxygens (including phenoxy) is 1. The van der Waals surface area contributed by atoms with Gasteiger partial charge in [0, 0.05) is 11.6 Å². The molecule has 21 heavy (non-hydrogen) atoms. The minimum atomic E-state index is -0.472. The molecule has 1 unspecified atom stereocenters. The third kappa shape index (κ3) is 4.87. The molecule has 4 heteroatoms. The molecule has 2 saturated carbocycles. The summed E-state index contributed by atoms with van der Waals surface area (Å²) in [6.45, 7) is 1.96. The van der Waals surface area contributed by atoms with Crippen molar-refractivity contribution >= 4 is 11.6 Å². The van der Waals surface area contributed by atoms with Crippen molar-refractivity contribution in [3.05, 3.63) is 29.3 Å². The van der Waals surface area contributed by atoms with Crippen LogP contribution in [0.1, 0.15) is 25.7 Å². The smallest absolute Gasteiger partial charge is 0.119 e. The lowest BCUT2D eigenvalue weighted by Crippen LogP contribution is -2.35. The number of nitrogens with one attached hydrogen (secondary N) is 1. The van der Waals surface area contributed by atoms with Crippen LogP contribution in [0.4, 0.5) is 0 Å². The molecule has 2 aliphatic rings. The Kier molecular flexibility index (Phi) is 5.04. The Hall–Kier alpha value is -0.770. The van der Waals surface area contributed by atoms with E-state index < -0.39 is 6.10 Å². The summed E-state index contributed by atoms with van der Waals surface area (Å²) in [6.07, 6.45) is 5.16. The number of halogens is 1. The number of hydrogen-bond acceptors (Lipinski definition) is 3. The zero-order chi connectivity index (χ0) is 14.7. The second kappa shape index (κ2) is 6.99. The summed E-state index contributed by atoms with van der Waals surface area (Å²) in [5, 5.41) is 14.1. The number of benzene rings is 1. The topological polar surface area (TPSA) is 41.5 Å². The van der Waals surface area contributed by atoms with Crippen LogP contribution in [0, 0.1) is 17.8 Å². The molecule has 0 radical (unpaired) electrons. The summed E-state index contributed by atoms with van der Waals surface area (Å²) in [4.78, 5) is 0. The molecular formula is C17H24ClNO2. The second-order valence-corrected chi connectivity index (χ2v) is 6.85. The third-order valence-electron chi connectivity index (χ3n) is 4.47. The first-order valence-corrected chi connectivity index (χ1v) is 8.37. The molecule has 1 atom stereocenters. The van der Waals surface area contributed by atoms with Gasteiger partial charge in [-0.15, -0.1) is 0 Å². The highest BCUT2D eigenvalue weighted by molar-refractivity contribution is 6.30. The Labute approximate surface area is 131 Å². The van der Waals surface area contributed by atoms with Crippen molar-refractivity contribution in [2.45, 2.75) is 31.8 Å². The van der Waals surface area contributed by atoms with Crippen molar-refractivity contribution in [3.8, 4) is 5.75 Å². The van der Waals surface area contributed by atoms with Crippen LogP contribution < -0.4 is 10.1 Å². The van der Waals surface area contributed by atoms with Gasteiger partial charge >= 0.3 is 0 Å². The highest BCUT2D eigenvalue weighted by Gasteiger charge is 2.40. The van der Waals surface area contributed by atoms with Gasteiger partial charge < -0.3 is 15.2 Å². The van der Waals surface area contributed by atoms with Crippen LogP contribution >= 0.6 is 11.6 Å². The van der Waals surface area contributed by atoms with Gasteiger partial charge in [0.15, 0.2) is 0 Å². The molecule has 0 heterocycles. The second-order valence-electron chi connectivity index (χ2n) is 6.42. The lowest BCUT2D eigenvalue weighted by molar-refractivity contribution is 0.105. The average Bonchev–Trinajstić information content (AvgIpc) is 3.37. The lowest BCUT2D eigenvalue weighted by atomic mass is 9.98. The average molecular weight is 310 g/mol. The first-order chi connectivity index (χ1) is 10.2. The summed E-state index contributed by atoms with van der Waals surface area (Å²) < 4.78 is 5.55. The summed E-state index contributed by atoms with van der Waals surface area (Å²) in [5.74, 6) is 3.49. The van der Waals surface area contributed by atoms with Gasteiger partial charge in [0.05, 0.1) is 0 Å².